The molecule has 2 heterocycles. The summed E-state index contributed by atoms with van der Waals surface area (Å²) in [6.45, 7) is 1.73. The number of hydrogen-bond acceptors (Lipinski definition) is 3. The largest absolute Gasteiger partial charge is 0.395 e. The zero-order valence-electron chi connectivity index (χ0n) is 14.8. The predicted molar refractivity (Wildman–Crippen MR) is 96.0 cm³/mol. The molecule has 25 heavy (non-hydrogen) atoms. The van der Waals surface area contributed by atoms with Crippen LogP contribution in [0.2, 0.25) is 0 Å². The van der Waals surface area contributed by atoms with Gasteiger partial charge >= 0.3 is 0 Å². The highest BCUT2D eigenvalue weighted by Gasteiger charge is 2.52. The quantitative estimate of drug-likeness (QED) is 0.858. The van der Waals surface area contributed by atoms with Crippen LogP contribution in [0.5, 0.6) is 0 Å². The molecule has 0 aromatic heterocycles. The van der Waals surface area contributed by atoms with Gasteiger partial charge in [-0.15, -0.1) is 0 Å². The van der Waals surface area contributed by atoms with Crippen molar-refractivity contribution in [3.63, 3.8) is 0 Å². The molecule has 0 bridgehead atoms. The van der Waals surface area contributed by atoms with Gasteiger partial charge < -0.3 is 14.9 Å². The molecular weight excluding hydrogens is 316 g/mol. The summed E-state index contributed by atoms with van der Waals surface area (Å²) in [5.41, 5.74) is 0.603. The summed E-state index contributed by atoms with van der Waals surface area (Å²) in [7, 11) is 0. The second-order valence-electron chi connectivity index (χ2n) is 7.14. The third kappa shape index (κ3) is 3.71. The lowest BCUT2D eigenvalue weighted by Crippen LogP contribution is -2.61. The van der Waals surface area contributed by atoms with Crippen molar-refractivity contribution in [2.75, 3.05) is 26.2 Å². The van der Waals surface area contributed by atoms with E-state index in [1.165, 1.54) is 5.56 Å². The maximum atomic E-state index is 13.0. The van der Waals surface area contributed by atoms with Gasteiger partial charge in [0, 0.05) is 26.1 Å². The zero-order chi connectivity index (χ0) is 17.7. The number of aryl methyl sites for hydroxylation is 1. The lowest BCUT2D eigenvalue weighted by molar-refractivity contribution is -0.155. The summed E-state index contributed by atoms with van der Waals surface area (Å²) in [6, 6.07) is 10.2. The standard InChI is InChI=1S/C20H28N2O3/c23-16-15-21-13-5-11-20(19(21)25)12-6-14-22(20)18(24)10-4-9-17-7-2-1-3-8-17/h1-3,7-8,23H,4-6,9-16H2. The fraction of sp³-hybridized carbons (Fsp3) is 0.600. The summed E-state index contributed by atoms with van der Waals surface area (Å²) in [5, 5.41) is 9.19. The number of piperidine rings is 1. The van der Waals surface area contributed by atoms with E-state index >= 15 is 0 Å². The number of β-amino-alcohol motifs (C(OH)–C–C–N with tert-alkyl or cyclic N) is 1. The highest BCUT2D eigenvalue weighted by atomic mass is 16.3. The molecule has 0 saturated carbocycles. The molecule has 2 aliphatic heterocycles. The van der Waals surface area contributed by atoms with E-state index in [0.29, 0.717) is 26.1 Å². The van der Waals surface area contributed by atoms with E-state index in [-0.39, 0.29) is 18.4 Å². The average molecular weight is 344 g/mol. The van der Waals surface area contributed by atoms with Crippen molar-refractivity contribution in [1.82, 2.24) is 9.80 Å². The zero-order valence-corrected chi connectivity index (χ0v) is 14.8. The molecule has 2 amide bonds. The van der Waals surface area contributed by atoms with Crippen molar-refractivity contribution in [2.24, 2.45) is 0 Å². The van der Waals surface area contributed by atoms with E-state index in [9.17, 15) is 14.7 Å². The van der Waals surface area contributed by atoms with E-state index < -0.39 is 5.54 Å². The molecule has 5 nitrogen and oxygen atoms in total. The van der Waals surface area contributed by atoms with Crippen LogP contribution in [-0.4, -0.2) is 58.5 Å². The number of likely N-dealkylation sites (tertiary alicyclic amines) is 2. The number of carbonyl (C=O) groups excluding carboxylic acids is 2. The van der Waals surface area contributed by atoms with Gasteiger partial charge in [-0.1, -0.05) is 30.3 Å². The average Bonchev–Trinajstić information content (AvgIpc) is 3.05. The smallest absolute Gasteiger partial charge is 0.248 e. The second-order valence-corrected chi connectivity index (χ2v) is 7.14. The van der Waals surface area contributed by atoms with Crippen molar-refractivity contribution in [3.05, 3.63) is 35.9 Å². The SMILES string of the molecule is O=C(CCCc1ccccc1)N1CCCC12CCCN(CCO)C2=O. The van der Waals surface area contributed by atoms with E-state index in [2.05, 4.69) is 12.1 Å². The Morgan fingerprint density at radius 1 is 1.12 bits per heavy atom. The molecule has 1 N–H and O–H groups in total. The molecule has 136 valence electrons. The maximum Gasteiger partial charge on any atom is 0.248 e. The van der Waals surface area contributed by atoms with Gasteiger partial charge in [0.15, 0.2) is 0 Å². The molecule has 2 fully saturated rings. The van der Waals surface area contributed by atoms with Crippen LogP contribution in [0.25, 0.3) is 0 Å². The third-order valence-corrected chi connectivity index (χ3v) is 5.56. The molecule has 1 unspecified atom stereocenters. The Morgan fingerprint density at radius 3 is 2.56 bits per heavy atom. The van der Waals surface area contributed by atoms with Gasteiger partial charge in [-0.25, -0.2) is 0 Å². The first-order chi connectivity index (χ1) is 12.2. The first-order valence-electron chi connectivity index (χ1n) is 9.42. The molecule has 2 aliphatic rings. The molecule has 5 heteroatoms. The van der Waals surface area contributed by atoms with Gasteiger partial charge in [0.05, 0.1) is 6.61 Å². The maximum absolute atomic E-state index is 13.0. The molecule has 1 aromatic carbocycles. The van der Waals surface area contributed by atoms with Crippen LogP contribution in [0.1, 0.15) is 44.1 Å². The van der Waals surface area contributed by atoms with Gasteiger partial charge in [-0.05, 0) is 44.1 Å². The summed E-state index contributed by atoms with van der Waals surface area (Å²) >= 11 is 0. The summed E-state index contributed by atoms with van der Waals surface area (Å²) in [4.78, 5) is 29.4. The van der Waals surface area contributed by atoms with Crippen LogP contribution >= 0.6 is 0 Å². The van der Waals surface area contributed by atoms with Crippen molar-refractivity contribution in [2.45, 2.75) is 50.5 Å². The summed E-state index contributed by atoms with van der Waals surface area (Å²) < 4.78 is 0. The topological polar surface area (TPSA) is 60.9 Å². The Morgan fingerprint density at radius 2 is 1.84 bits per heavy atom. The third-order valence-electron chi connectivity index (χ3n) is 5.56. The molecule has 2 saturated heterocycles. The predicted octanol–water partition coefficient (Wildman–Crippen LogP) is 1.99. The normalized spacial score (nSPS) is 23.5. The number of carbonyl (C=O) groups is 2. The second kappa shape index (κ2) is 8.00. The van der Waals surface area contributed by atoms with Gasteiger partial charge in [0.2, 0.25) is 11.8 Å². The number of benzene rings is 1. The van der Waals surface area contributed by atoms with Gasteiger partial charge in [-0.3, -0.25) is 9.59 Å². The fourth-order valence-corrected chi connectivity index (χ4v) is 4.35. The van der Waals surface area contributed by atoms with Crippen molar-refractivity contribution >= 4 is 11.8 Å². The van der Waals surface area contributed by atoms with Gasteiger partial charge in [0.25, 0.3) is 0 Å². The Hall–Kier alpha value is -1.88. The van der Waals surface area contributed by atoms with E-state index in [0.717, 1.165) is 38.5 Å². The van der Waals surface area contributed by atoms with Crippen LogP contribution in [0.15, 0.2) is 30.3 Å². The van der Waals surface area contributed by atoms with E-state index in [4.69, 9.17) is 0 Å². The molecule has 1 spiro atoms. The number of aliphatic hydroxyl groups is 1. The first kappa shape index (κ1) is 17.9. The first-order valence-corrected chi connectivity index (χ1v) is 9.42. The lowest BCUT2D eigenvalue weighted by Gasteiger charge is -2.44. The fourth-order valence-electron chi connectivity index (χ4n) is 4.35. The Kier molecular flexibility index (Phi) is 5.74. The number of amides is 2. The van der Waals surface area contributed by atoms with Crippen LogP contribution in [0.3, 0.4) is 0 Å². The monoisotopic (exact) mass is 344 g/mol. The minimum absolute atomic E-state index is 0.0210. The Bertz CT molecular complexity index is 602. The molecule has 0 aliphatic carbocycles. The van der Waals surface area contributed by atoms with E-state index in [1.54, 1.807) is 4.90 Å². The Balaban J connectivity index is 1.62. The van der Waals surface area contributed by atoms with Crippen LogP contribution < -0.4 is 0 Å². The summed E-state index contributed by atoms with van der Waals surface area (Å²) in [6.07, 6.45) is 5.50. The minimum atomic E-state index is -0.642. The molecule has 0 radical (unpaired) electrons. The van der Waals surface area contributed by atoms with Crippen molar-refractivity contribution in [1.29, 1.82) is 0 Å². The molecule has 1 atom stereocenters. The lowest BCUT2D eigenvalue weighted by atomic mass is 9.85. The molecule has 1 aromatic rings. The molecular formula is C20H28N2O3. The number of rotatable bonds is 6. The Labute approximate surface area is 149 Å². The van der Waals surface area contributed by atoms with Crippen LogP contribution in [0, 0.1) is 0 Å². The number of hydrogen-bond donors (Lipinski definition) is 1. The van der Waals surface area contributed by atoms with Gasteiger partial charge in [-0.2, -0.15) is 0 Å². The van der Waals surface area contributed by atoms with Crippen molar-refractivity contribution in [3.8, 4) is 0 Å². The van der Waals surface area contributed by atoms with E-state index in [1.807, 2.05) is 23.1 Å². The minimum Gasteiger partial charge on any atom is -0.395 e. The summed E-state index contributed by atoms with van der Waals surface area (Å²) in [5.74, 6) is 0.148. The number of nitrogens with zero attached hydrogens (tertiary/aromatic N) is 2. The highest BCUT2D eigenvalue weighted by molar-refractivity contribution is 5.92. The van der Waals surface area contributed by atoms with Crippen molar-refractivity contribution < 1.29 is 14.7 Å². The van der Waals surface area contributed by atoms with Crippen LogP contribution in [-0.2, 0) is 16.0 Å². The highest BCUT2D eigenvalue weighted by Crippen LogP contribution is 2.38. The van der Waals surface area contributed by atoms with Crippen LogP contribution in [0.4, 0.5) is 0 Å². The van der Waals surface area contributed by atoms with Gasteiger partial charge in [0.1, 0.15) is 5.54 Å². The molecule has 3 rings (SSSR count). The number of aliphatic hydroxyl groups excluding tert-OH is 1.